The highest BCUT2D eigenvalue weighted by molar-refractivity contribution is 5.69. The summed E-state index contributed by atoms with van der Waals surface area (Å²) in [5.74, 6) is -0.0812. The quantitative estimate of drug-likeness (QED) is 0.782. The molecule has 0 aliphatic carbocycles. The molecule has 0 aliphatic heterocycles. The molecule has 24 heavy (non-hydrogen) atoms. The maximum Gasteiger partial charge on any atom is 0.435 e. The highest BCUT2D eigenvalue weighted by Crippen LogP contribution is 2.27. The first-order valence-electron chi connectivity index (χ1n) is 7.29. The van der Waals surface area contributed by atoms with Gasteiger partial charge in [0.2, 0.25) is 0 Å². The molecule has 2 heterocycles. The SMILES string of the molecule is COC(=O)CCc1cn(-c2ccc(C(F)(F)F)nn2)nc1C(C)C. The van der Waals surface area contributed by atoms with Crippen molar-refractivity contribution in [2.75, 3.05) is 7.11 Å². The van der Waals surface area contributed by atoms with Gasteiger partial charge < -0.3 is 4.74 Å². The van der Waals surface area contributed by atoms with Gasteiger partial charge in [-0.1, -0.05) is 13.8 Å². The Bertz CT molecular complexity index is 708. The van der Waals surface area contributed by atoms with E-state index in [1.165, 1.54) is 17.9 Å². The predicted octanol–water partition coefficient (Wildman–Crippen LogP) is 2.91. The first-order valence-corrected chi connectivity index (χ1v) is 7.29. The summed E-state index contributed by atoms with van der Waals surface area (Å²) in [7, 11) is 1.31. The minimum absolute atomic E-state index is 0.0845. The van der Waals surface area contributed by atoms with Crippen LogP contribution in [-0.4, -0.2) is 33.1 Å². The number of carbonyl (C=O) groups is 1. The van der Waals surface area contributed by atoms with Crippen molar-refractivity contribution in [2.45, 2.75) is 38.8 Å². The van der Waals surface area contributed by atoms with Crippen molar-refractivity contribution in [1.82, 2.24) is 20.0 Å². The number of carbonyl (C=O) groups excluding carboxylic acids is 1. The van der Waals surface area contributed by atoms with Crippen molar-refractivity contribution >= 4 is 5.97 Å². The number of aromatic nitrogens is 4. The van der Waals surface area contributed by atoms with E-state index < -0.39 is 11.9 Å². The lowest BCUT2D eigenvalue weighted by molar-refractivity contribution is -0.142. The third kappa shape index (κ3) is 4.09. The van der Waals surface area contributed by atoms with E-state index in [-0.39, 0.29) is 24.1 Å². The lowest BCUT2D eigenvalue weighted by Crippen LogP contribution is -2.10. The van der Waals surface area contributed by atoms with Crippen LogP contribution in [-0.2, 0) is 22.1 Å². The molecule has 2 aromatic rings. The highest BCUT2D eigenvalue weighted by Gasteiger charge is 2.33. The zero-order chi connectivity index (χ0) is 17.9. The number of rotatable bonds is 5. The van der Waals surface area contributed by atoms with Gasteiger partial charge in [-0.05, 0) is 30.0 Å². The Morgan fingerprint density at radius 1 is 1.29 bits per heavy atom. The fourth-order valence-corrected chi connectivity index (χ4v) is 2.16. The Labute approximate surface area is 136 Å². The largest absolute Gasteiger partial charge is 0.469 e. The van der Waals surface area contributed by atoms with Crippen LogP contribution < -0.4 is 0 Å². The summed E-state index contributed by atoms with van der Waals surface area (Å²) >= 11 is 0. The van der Waals surface area contributed by atoms with E-state index in [9.17, 15) is 18.0 Å². The molecule has 0 aliphatic rings. The molecule has 0 spiro atoms. The second-order valence-corrected chi connectivity index (χ2v) is 5.49. The first kappa shape index (κ1) is 17.9. The van der Waals surface area contributed by atoms with E-state index in [1.807, 2.05) is 13.8 Å². The molecule has 0 bridgehead atoms. The van der Waals surface area contributed by atoms with E-state index in [0.717, 1.165) is 17.3 Å². The van der Waals surface area contributed by atoms with Crippen molar-refractivity contribution in [3.8, 4) is 5.82 Å². The van der Waals surface area contributed by atoms with Crippen LogP contribution in [0.25, 0.3) is 5.82 Å². The Kier molecular flexibility index (Phi) is 5.20. The second kappa shape index (κ2) is 6.98. The summed E-state index contributed by atoms with van der Waals surface area (Å²) in [6.07, 6.45) is -2.27. The van der Waals surface area contributed by atoms with Crippen LogP contribution in [0.3, 0.4) is 0 Å². The van der Waals surface area contributed by atoms with E-state index in [1.54, 1.807) is 6.20 Å². The van der Waals surface area contributed by atoms with Crippen LogP contribution in [0.5, 0.6) is 0 Å². The molecular weight excluding hydrogens is 325 g/mol. The highest BCUT2D eigenvalue weighted by atomic mass is 19.4. The molecular formula is C15H17F3N4O2. The zero-order valence-corrected chi connectivity index (χ0v) is 13.5. The number of aryl methyl sites for hydroxylation is 1. The lowest BCUT2D eigenvalue weighted by Gasteiger charge is -2.05. The van der Waals surface area contributed by atoms with Gasteiger partial charge in [-0.15, -0.1) is 10.2 Å². The van der Waals surface area contributed by atoms with Gasteiger partial charge in [0.1, 0.15) is 0 Å². The summed E-state index contributed by atoms with van der Waals surface area (Å²) in [4.78, 5) is 11.3. The van der Waals surface area contributed by atoms with Crippen LogP contribution in [0.1, 0.15) is 43.1 Å². The minimum Gasteiger partial charge on any atom is -0.469 e. The number of esters is 1. The number of halogens is 3. The molecule has 0 unspecified atom stereocenters. The van der Waals surface area contributed by atoms with Crippen molar-refractivity contribution in [1.29, 1.82) is 0 Å². The van der Waals surface area contributed by atoms with Crippen molar-refractivity contribution in [3.05, 3.63) is 35.3 Å². The first-order chi connectivity index (χ1) is 11.2. The maximum absolute atomic E-state index is 12.5. The van der Waals surface area contributed by atoms with Crippen molar-refractivity contribution < 1.29 is 22.7 Å². The van der Waals surface area contributed by atoms with Gasteiger partial charge in [0.05, 0.1) is 12.8 Å². The Balaban J connectivity index is 2.29. The third-order valence-corrected chi connectivity index (χ3v) is 3.37. The molecule has 0 aromatic carbocycles. The van der Waals surface area contributed by atoms with Gasteiger partial charge in [-0.25, -0.2) is 4.68 Å². The molecule has 130 valence electrons. The molecule has 9 heteroatoms. The number of hydrogen-bond donors (Lipinski definition) is 0. The molecule has 0 atom stereocenters. The van der Waals surface area contributed by atoms with Gasteiger partial charge in [-0.2, -0.15) is 18.3 Å². The Morgan fingerprint density at radius 2 is 2.00 bits per heavy atom. The number of nitrogens with zero attached hydrogens (tertiary/aromatic N) is 4. The normalized spacial score (nSPS) is 11.8. The molecule has 0 radical (unpaired) electrons. The number of alkyl halides is 3. The van der Waals surface area contributed by atoms with Crippen LogP contribution in [0.4, 0.5) is 13.2 Å². The van der Waals surface area contributed by atoms with Crippen LogP contribution in [0.15, 0.2) is 18.3 Å². The zero-order valence-electron chi connectivity index (χ0n) is 13.5. The standard InChI is InChI=1S/C15H17F3N4O2/c1-9(2)14-10(4-7-13(23)24-3)8-22(21-14)12-6-5-11(19-20-12)15(16,17)18/h5-6,8-9H,4,7H2,1-3H3. The fourth-order valence-electron chi connectivity index (χ4n) is 2.16. The molecule has 0 N–H and O–H groups in total. The monoisotopic (exact) mass is 342 g/mol. The smallest absolute Gasteiger partial charge is 0.435 e. The lowest BCUT2D eigenvalue weighted by atomic mass is 10.0. The van der Waals surface area contributed by atoms with Crippen LogP contribution in [0, 0.1) is 0 Å². The average molecular weight is 342 g/mol. The van der Waals surface area contributed by atoms with Gasteiger partial charge in [0.25, 0.3) is 0 Å². The van der Waals surface area contributed by atoms with Crippen molar-refractivity contribution in [3.63, 3.8) is 0 Å². The topological polar surface area (TPSA) is 69.9 Å². The van der Waals surface area contributed by atoms with E-state index >= 15 is 0 Å². The number of ether oxygens (including phenoxy) is 1. The van der Waals surface area contributed by atoms with Gasteiger partial charge >= 0.3 is 12.1 Å². The third-order valence-electron chi connectivity index (χ3n) is 3.37. The summed E-state index contributed by atoms with van der Waals surface area (Å²) < 4.78 is 43.6. The minimum atomic E-state index is -4.54. The average Bonchev–Trinajstić information content (AvgIpc) is 2.96. The summed E-state index contributed by atoms with van der Waals surface area (Å²) in [5, 5.41) is 11.1. The summed E-state index contributed by atoms with van der Waals surface area (Å²) in [5.41, 5.74) is 0.506. The van der Waals surface area contributed by atoms with Gasteiger partial charge in [0, 0.05) is 12.6 Å². The Morgan fingerprint density at radius 3 is 2.50 bits per heavy atom. The van der Waals surface area contributed by atoms with Gasteiger partial charge in [0.15, 0.2) is 11.5 Å². The van der Waals surface area contributed by atoms with E-state index in [2.05, 4.69) is 20.0 Å². The molecule has 2 aromatic heterocycles. The molecule has 6 nitrogen and oxygen atoms in total. The number of hydrogen-bond acceptors (Lipinski definition) is 5. The second-order valence-electron chi connectivity index (χ2n) is 5.49. The Hall–Kier alpha value is -2.45. The summed E-state index contributed by atoms with van der Waals surface area (Å²) in [6, 6.07) is 2.06. The molecule has 0 saturated heterocycles. The molecule has 0 saturated carbocycles. The molecule has 0 fully saturated rings. The maximum atomic E-state index is 12.5. The van der Waals surface area contributed by atoms with Crippen LogP contribution in [0.2, 0.25) is 0 Å². The van der Waals surface area contributed by atoms with Crippen LogP contribution >= 0.6 is 0 Å². The summed E-state index contributed by atoms with van der Waals surface area (Å²) in [6.45, 7) is 3.87. The van der Waals surface area contributed by atoms with E-state index in [4.69, 9.17) is 0 Å². The molecule has 0 amide bonds. The van der Waals surface area contributed by atoms with Gasteiger partial charge in [-0.3, -0.25) is 4.79 Å². The number of methoxy groups -OCH3 is 1. The molecule has 2 rings (SSSR count). The predicted molar refractivity (Wildman–Crippen MR) is 78.6 cm³/mol. The van der Waals surface area contributed by atoms with Crippen molar-refractivity contribution in [2.24, 2.45) is 0 Å². The fraction of sp³-hybridized carbons (Fsp3) is 0.467. The van der Waals surface area contributed by atoms with E-state index in [0.29, 0.717) is 6.42 Å².